The highest BCUT2D eigenvalue weighted by Gasteiger charge is 2.10. The molecule has 0 aliphatic carbocycles. The fourth-order valence-corrected chi connectivity index (χ4v) is 1.89. The van der Waals surface area contributed by atoms with Crippen LogP contribution in [0.2, 0.25) is 0 Å². The van der Waals surface area contributed by atoms with Gasteiger partial charge < -0.3 is 15.0 Å². The van der Waals surface area contributed by atoms with Gasteiger partial charge in [-0.15, -0.1) is 11.3 Å². The van der Waals surface area contributed by atoms with E-state index >= 15 is 0 Å². The van der Waals surface area contributed by atoms with Crippen molar-refractivity contribution in [1.82, 2.24) is 0 Å². The highest BCUT2D eigenvalue weighted by Crippen LogP contribution is 2.16. The monoisotopic (exact) mass is 307 g/mol. The van der Waals surface area contributed by atoms with Crippen molar-refractivity contribution in [2.75, 3.05) is 0 Å². The van der Waals surface area contributed by atoms with Gasteiger partial charge in [0.25, 0.3) is 0 Å². The molecular weight excluding hydrogens is 298 g/mol. The van der Waals surface area contributed by atoms with Gasteiger partial charge in [-0.1, -0.05) is 11.2 Å². The van der Waals surface area contributed by atoms with Gasteiger partial charge in [0.2, 0.25) is 0 Å². The molecule has 0 bridgehead atoms. The van der Waals surface area contributed by atoms with E-state index in [0.29, 0.717) is 4.88 Å². The van der Waals surface area contributed by atoms with Crippen LogP contribution in [0, 0.1) is 10.1 Å². The second-order valence-electron chi connectivity index (χ2n) is 3.63. The Morgan fingerprint density at radius 2 is 2.29 bits per heavy atom. The van der Waals surface area contributed by atoms with Crippen molar-refractivity contribution in [3.8, 4) is 0 Å². The van der Waals surface area contributed by atoms with Crippen molar-refractivity contribution in [2.24, 2.45) is 10.9 Å². The van der Waals surface area contributed by atoms with Crippen LogP contribution in [-0.2, 0) is 9.63 Å². The zero-order chi connectivity index (χ0) is 15.2. The first-order valence-electron chi connectivity index (χ1n) is 5.57. The molecule has 0 saturated carbocycles. The van der Waals surface area contributed by atoms with Gasteiger partial charge in [-0.05, 0) is 23.6 Å². The highest BCUT2D eigenvalue weighted by atomic mass is 32.1. The summed E-state index contributed by atoms with van der Waals surface area (Å²) < 4.78 is 4.83. The van der Waals surface area contributed by atoms with Crippen molar-refractivity contribution in [1.29, 1.82) is 0 Å². The summed E-state index contributed by atoms with van der Waals surface area (Å²) in [5.41, 5.74) is 5.60. The zero-order valence-corrected chi connectivity index (χ0v) is 11.3. The van der Waals surface area contributed by atoms with Crippen molar-refractivity contribution in [2.45, 2.75) is 0 Å². The lowest BCUT2D eigenvalue weighted by Crippen LogP contribution is -2.13. The Balaban J connectivity index is 1.93. The van der Waals surface area contributed by atoms with Crippen molar-refractivity contribution < 1.29 is 19.0 Å². The standard InChI is InChI=1S/C12H9N3O5S/c13-12(9-2-1-7-21-9)14-20-11(16)6-4-8-3-5-10(19-8)15(17)18/h1-7H,(H2,13,14)/b6-4+. The number of carbonyl (C=O) groups excluding carboxylic acids is 1. The van der Waals surface area contributed by atoms with E-state index in [4.69, 9.17) is 10.2 Å². The van der Waals surface area contributed by atoms with Gasteiger partial charge in [0, 0.05) is 6.08 Å². The number of nitrogens with zero attached hydrogens (tertiary/aromatic N) is 2. The van der Waals surface area contributed by atoms with Gasteiger partial charge in [0.15, 0.2) is 5.84 Å². The molecule has 0 atom stereocenters. The average Bonchev–Trinajstić information content (AvgIpc) is 3.13. The molecule has 2 heterocycles. The Morgan fingerprint density at radius 1 is 1.48 bits per heavy atom. The van der Waals surface area contributed by atoms with Crippen molar-refractivity contribution in [3.05, 3.63) is 56.5 Å². The number of oxime groups is 1. The number of hydrogen-bond acceptors (Lipinski definition) is 7. The van der Waals surface area contributed by atoms with Crippen LogP contribution < -0.4 is 5.73 Å². The lowest BCUT2D eigenvalue weighted by atomic mass is 10.4. The van der Waals surface area contributed by atoms with Gasteiger partial charge in [-0.25, -0.2) is 4.79 Å². The van der Waals surface area contributed by atoms with Crippen LogP contribution in [0.1, 0.15) is 10.6 Å². The summed E-state index contributed by atoms with van der Waals surface area (Å²) in [6.07, 6.45) is 2.25. The first kappa shape index (κ1) is 14.5. The number of hydrogen-bond donors (Lipinski definition) is 1. The molecule has 108 valence electrons. The van der Waals surface area contributed by atoms with Crippen LogP contribution in [0.5, 0.6) is 0 Å². The second-order valence-corrected chi connectivity index (χ2v) is 4.58. The number of furan rings is 1. The molecule has 0 aromatic carbocycles. The third-order valence-electron chi connectivity index (χ3n) is 2.18. The molecule has 0 spiro atoms. The van der Waals surface area contributed by atoms with Gasteiger partial charge in [0.1, 0.15) is 10.7 Å². The van der Waals surface area contributed by atoms with E-state index in [1.165, 1.54) is 29.5 Å². The fourth-order valence-electron chi connectivity index (χ4n) is 1.27. The molecule has 0 unspecified atom stereocenters. The lowest BCUT2D eigenvalue weighted by molar-refractivity contribution is -0.402. The molecular formula is C12H9N3O5S. The quantitative estimate of drug-likeness (QED) is 0.225. The SMILES string of the molecule is N/C(=N\OC(=O)/C=C/c1ccc([N+](=O)[O-])o1)c1cccs1. The minimum atomic E-state index is -0.784. The minimum Gasteiger partial charge on any atom is -0.401 e. The number of nitro groups is 1. The first-order chi connectivity index (χ1) is 10.1. The molecule has 2 rings (SSSR count). The number of thiophene rings is 1. The molecule has 9 heteroatoms. The molecule has 0 fully saturated rings. The maximum atomic E-state index is 11.4. The smallest absolute Gasteiger partial charge is 0.401 e. The minimum absolute atomic E-state index is 0.0837. The van der Waals surface area contributed by atoms with E-state index in [-0.39, 0.29) is 11.6 Å². The molecule has 2 N–H and O–H groups in total. The Labute approximate surface area is 122 Å². The topological polar surface area (TPSA) is 121 Å². The van der Waals surface area contributed by atoms with Gasteiger partial charge in [0.05, 0.1) is 10.9 Å². The van der Waals surface area contributed by atoms with Crippen molar-refractivity contribution >= 4 is 35.1 Å². The molecule has 0 amide bonds. The number of carbonyl (C=O) groups is 1. The maximum Gasteiger partial charge on any atom is 0.433 e. The summed E-state index contributed by atoms with van der Waals surface area (Å²) >= 11 is 1.35. The highest BCUT2D eigenvalue weighted by molar-refractivity contribution is 7.12. The molecule has 8 nitrogen and oxygen atoms in total. The third kappa shape index (κ3) is 4.01. The lowest BCUT2D eigenvalue weighted by Gasteiger charge is -1.95. The Kier molecular flexibility index (Phi) is 4.46. The number of amidine groups is 1. The number of nitrogens with two attached hydrogens (primary N) is 1. The predicted molar refractivity (Wildman–Crippen MR) is 75.5 cm³/mol. The first-order valence-corrected chi connectivity index (χ1v) is 6.45. The third-order valence-corrected chi connectivity index (χ3v) is 3.08. The second kappa shape index (κ2) is 6.48. The van der Waals surface area contributed by atoms with E-state index in [1.54, 1.807) is 12.1 Å². The van der Waals surface area contributed by atoms with Crippen LogP contribution in [0.4, 0.5) is 5.88 Å². The summed E-state index contributed by atoms with van der Waals surface area (Å²) in [6, 6.07) is 6.05. The Bertz CT molecular complexity index is 702. The average molecular weight is 307 g/mol. The molecule has 2 aromatic rings. The van der Waals surface area contributed by atoms with Crippen LogP contribution >= 0.6 is 11.3 Å². The number of rotatable bonds is 5. The van der Waals surface area contributed by atoms with E-state index in [0.717, 1.165) is 6.08 Å². The Morgan fingerprint density at radius 3 is 2.90 bits per heavy atom. The molecule has 21 heavy (non-hydrogen) atoms. The summed E-state index contributed by atoms with van der Waals surface area (Å²) in [4.78, 5) is 26.4. The molecule has 0 aliphatic rings. The summed E-state index contributed by atoms with van der Waals surface area (Å²) in [6.45, 7) is 0. The fraction of sp³-hybridized carbons (Fsp3) is 0. The molecule has 0 radical (unpaired) electrons. The van der Waals surface area contributed by atoms with Gasteiger partial charge in [-0.2, -0.15) is 0 Å². The van der Waals surface area contributed by atoms with E-state index in [9.17, 15) is 14.9 Å². The zero-order valence-electron chi connectivity index (χ0n) is 10.5. The van der Waals surface area contributed by atoms with Crippen LogP contribution in [0.25, 0.3) is 6.08 Å². The van der Waals surface area contributed by atoms with E-state index < -0.39 is 16.8 Å². The maximum absolute atomic E-state index is 11.4. The van der Waals surface area contributed by atoms with Crippen LogP contribution in [0.15, 0.2) is 45.3 Å². The predicted octanol–water partition coefficient (Wildman–Crippen LogP) is 2.13. The summed E-state index contributed by atoms with van der Waals surface area (Å²) in [5, 5.41) is 15.7. The summed E-state index contributed by atoms with van der Waals surface area (Å²) in [5.74, 6) is -0.967. The molecule has 0 saturated heterocycles. The van der Waals surface area contributed by atoms with E-state index in [2.05, 4.69) is 9.99 Å². The molecule has 0 aliphatic heterocycles. The van der Waals surface area contributed by atoms with Crippen LogP contribution in [-0.4, -0.2) is 16.7 Å². The van der Waals surface area contributed by atoms with Crippen molar-refractivity contribution in [3.63, 3.8) is 0 Å². The summed E-state index contributed by atoms with van der Waals surface area (Å²) in [7, 11) is 0. The van der Waals surface area contributed by atoms with Gasteiger partial charge in [-0.3, -0.25) is 10.1 Å². The van der Waals surface area contributed by atoms with Gasteiger partial charge >= 0.3 is 11.9 Å². The Hall–Kier alpha value is -2.94. The normalized spacial score (nSPS) is 11.7. The largest absolute Gasteiger partial charge is 0.433 e. The van der Waals surface area contributed by atoms with E-state index in [1.807, 2.05) is 5.38 Å². The molecule has 2 aromatic heterocycles. The van der Waals surface area contributed by atoms with Crippen LogP contribution in [0.3, 0.4) is 0 Å².